The highest BCUT2D eigenvalue weighted by Gasteiger charge is 2.34. The van der Waals surface area contributed by atoms with Gasteiger partial charge in [0, 0.05) is 38.1 Å². The maximum Gasteiger partial charge on any atom is 0.135 e. The first-order valence-electron chi connectivity index (χ1n) is 14.2. The molecule has 1 aliphatic heterocycles. The van der Waals surface area contributed by atoms with Gasteiger partial charge >= 0.3 is 0 Å². The van der Waals surface area contributed by atoms with Crippen molar-refractivity contribution in [2.45, 2.75) is 69.8 Å². The van der Waals surface area contributed by atoms with Crippen LogP contribution in [0.3, 0.4) is 0 Å². The summed E-state index contributed by atoms with van der Waals surface area (Å²) in [5.74, 6) is -0.474. The van der Waals surface area contributed by atoms with Gasteiger partial charge in [-0.3, -0.25) is 4.98 Å². The number of halogens is 2. The van der Waals surface area contributed by atoms with Gasteiger partial charge in [0.25, 0.3) is 0 Å². The Bertz CT molecular complexity index is 1490. The summed E-state index contributed by atoms with van der Waals surface area (Å²) in [6.07, 6.45) is 8.30. The number of nitrogens with zero attached hydrogens (tertiary/aromatic N) is 4. The van der Waals surface area contributed by atoms with Crippen molar-refractivity contribution >= 4 is 5.52 Å². The van der Waals surface area contributed by atoms with Crippen molar-refractivity contribution in [3.8, 4) is 11.3 Å². The molecule has 0 radical (unpaired) electrons. The van der Waals surface area contributed by atoms with Crippen molar-refractivity contribution in [1.29, 1.82) is 0 Å². The Labute approximate surface area is 237 Å². The van der Waals surface area contributed by atoms with Gasteiger partial charge in [-0.25, -0.2) is 18.3 Å². The maximum atomic E-state index is 15.3. The molecule has 1 aliphatic carbocycles. The lowest BCUT2D eigenvalue weighted by Crippen LogP contribution is -2.44. The minimum absolute atomic E-state index is 0.0310. The fraction of sp³-hybridized carbons (Fsp3) is 0.452. The number of pyridine rings is 1. The van der Waals surface area contributed by atoms with Gasteiger partial charge in [-0.15, -0.1) is 0 Å². The van der Waals surface area contributed by atoms with E-state index < -0.39 is 17.7 Å². The zero-order valence-corrected chi connectivity index (χ0v) is 23.0. The summed E-state index contributed by atoms with van der Waals surface area (Å²) in [5, 5.41) is 14.9. The molecule has 10 heteroatoms. The van der Waals surface area contributed by atoms with Gasteiger partial charge in [0.1, 0.15) is 17.5 Å². The average molecular weight is 564 g/mol. The fourth-order valence-electron chi connectivity index (χ4n) is 6.18. The van der Waals surface area contributed by atoms with E-state index in [0.717, 1.165) is 30.4 Å². The predicted octanol–water partition coefficient (Wildman–Crippen LogP) is 4.56. The van der Waals surface area contributed by atoms with E-state index in [-0.39, 0.29) is 41.8 Å². The molecule has 8 nitrogen and oxygen atoms in total. The molecule has 216 valence electrons. The third-order valence-electron chi connectivity index (χ3n) is 8.43. The molecule has 0 amide bonds. The molecule has 3 aromatic heterocycles. The molecule has 0 spiro atoms. The van der Waals surface area contributed by atoms with Crippen LogP contribution in [0.1, 0.15) is 61.0 Å². The number of hydrogen-bond acceptors (Lipinski definition) is 7. The van der Waals surface area contributed by atoms with Crippen LogP contribution in [0.25, 0.3) is 16.8 Å². The summed E-state index contributed by atoms with van der Waals surface area (Å²) >= 11 is 0. The number of nitrogens with two attached hydrogens (primary N) is 1. The van der Waals surface area contributed by atoms with Gasteiger partial charge in [0.05, 0.1) is 41.8 Å². The van der Waals surface area contributed by atoms with Gasteiger partial charge < -0.3 is 20.3 Å². The van der Waals surface area contributed by atoms with E-state index >= 15 is 8.78 Å². The number of ether oxygens (including phenoxy) is 2. The van der Waals surface area contributed by atoms with Crippen LogP contribution in [0.4, 0.5) is 8.78 Å². The first kappa shape index (κ1) is 27.8. The number of hydrogen-bond donors (Lipinski definition) is 2. The maximum absolute atomic E-state index is 15.3. The summed E-state index contributed by atoms with van der Waals surface area (Å²) in [7, 11) is 0. The molecule has 2 aliphatic rings. The Balaban J connectivity index is 1.25. The number of fused-ring (bicyclic) bond motifs is 1. The summed E-state index contributed by atoms with van der Waals surface area (Å²) in [6.45, 7) is 3.43. The standard InChI is InChI=1S/C31H35F2N5O3/c1-18-10-20(13-27(34)31(18)39)24-4-7-35-15-21(24)14-29-36-16-22-2-3-28(37-38(22)29)30-25(32)11-19(12-26(30)33)17-41-23-5-8-40-9-6-23/h2-4,7,11-12,15-16,18,20,23,27,31,39H,5-6,8-10,13-14,17,34H2,1H3/t18-,20+,27+,31-/m0/s1. The fourth-order valence-corrected chi connectivity index (χ4v) is 6.18. The second-order valence-electron chi connectivity index (χ2n) is 11.3. The molecule has 4 heterocycles. The molecule has 4 aromatic rings. The molecule has 2 fully saturated rings. The molecule has 1 saturated heterocycles. The normalized spacial score (nSPS) is 23.7. The van der Waals surface area contributed by atoms with E-state index in [2.05, 4.69) is 15.1 Å². The first-order valence-corrected chi connectivity index (χ1v) is 14.2. The third-order valence-corrected chi connectivity index (χ3v) is 8.43. The molecule has 3 N–H and O–H groups in total. The highest BCUT2D eigenvalue weighted by atomic mass is 19.1. The topological polar surface area (TPSA) is 108 Å². The molecular weight excluding hydrogens is 528 g/mol. The molecule has 1 aromatic carbocycles. The average Bonchev–Trinajstić information content (AvgIpc) is 3.37. The van der Waals surface area contributed by atoms with E-state index in [1.54, 1.807) is 29.0 Å². The van der Waals surface area contributed by atoms with Gasteiger partial charge in [-0.1, -0.05) is 6.92 Å². The highest BCUT2D eigenvalue weighted by molar-refractivity contribution is 5.63. The number of aliphatic hydroxyl groups is 1. The minimum Gasteiger partial charge on any atom is -0.391 e. The number of rotatable bonds is 7. The van der Waals surface area contributed by atoms with Crippen LogP contribution in [0.15, 0.2) is 48.9 Å². The van der Waals surface area contributed by atoms with Crippen LogP contribution in [-0.4, -0.2) is 56.2 Å². The van der Waals surface area contributed by atoms with Crippen LogP contribution >= 0.6 is 0 Å². The van der Waals surface area contributed by atoms with Crippen LogP contribution in [0, 0.1) is 17.6 Å². The third kappa shape index (κ3) is 5.88. The molecule has 1 saturated carbocycles. The van der Waals surface area contributed by atoms with Crippen molar-refractivity contribution < 1.29 is 23.4 Å². The van der Waals surface area contributed by atoms with E-state index in [1.165, 1.54) is 12.1 Å². The monoisotopic (exact) mass is 563 g/mol. The van der Waals surface area contributed by atoms with Crippen LogP contribution in [0.2, 0.25) is 0 Å². The highest BCUT2D eigenvalue weighted by Crippen LogP contribution is 2.37. The van der Waals surface area contributed by atoms with Crippen molar-refractivity contribution in [1.82, 2.24) is 19.6 Å². The van der Waals surface area contributed by atoms with Crippen LogP contribution < -0.4 is 5.73 Å². The largest absolute Gasteiger partial charge is 0.391 e. The Morgan fingerprint density at radius 1 is 1.10 bits per heavy atom. The lowest BCUT2D eigenvalue weighted by molar-refractivity contribution is -0.0391. The second kappa shape index (κ2) is 11.9. The Kier molecular flexibility index (Phi) is 8.07. The zero-order chi connectivity index (χ0) is 28.5. The molecule has 6 rings (SSSR count). The van der Waals surface area contributed by atoms with Crippen molar-refractivity contribution in [3.63, 3.8) is 0 Å². The minimum atomic E-state index is -0.691. The van der Waals surface area contributed by atoms with Gasteiger partial charge in [0.15, 0.2) is 0 Å². The van der Waals surface area contributed by atoms with Crippen molar-refractivity contribution in [3.05, 3.63) is 83.1 Å². The summed E-state index contributed by atoms with van der Waals surface area (Å²) in [6, 6.07) is 7.70. The van der Waals surface area contributed by atoms with E-state index in [1.807, 2.05) is 19.2 Å². The molecular formula is C31H35F2N5O3. The number of imidazole rings is 1. The van der Waals surface area contributed by atoms with Crippen molar-refractivity contribution in [2.75, 3.05) is 13.2 Å². The quantitative estimate of drug-likeness (QED) is 0.340. The lowest BCUT2D eigenvalue weighted by atomic mass is 9.74. The lowest BCUT2D eigenvalue weighted by Gasteiger charge is -2.36. The Morgan fingerprint density at radius 2 is 1.88 bits per heavy atom. The SMILES string of the molecule is C[C@H]1C[C@@H](c2ccncc2Cc2ncc3ccc(-c4c(F)cc(COC5CCOCC5)cc4F)nn23)C[C@@H](N)[C@H]1O. The van der Waals surface area contributed by atoms with Crippen LogP contribution in [0.5, 0.6) is 0 Å². The van der Waals surface area contributed by atoms with E-state index in [4.69, 9.17) is 15.2 Å². The van der Waals surface area contributed by atoms with Gasteiger partial charge in [0.2, 0.25) is 0 Å². The molecule has 4 atom stereocenters. The first-order chi connectivity index (χ1) is 19.9. The number of aromatic nitrogens is 4. The van der Waals surface area contributed by atoms with Gasteiger partial charge in [-0.2, -0.15) is 5.10 Å². The molecule has 0 bridgehead atoms. The number of benzene rings is 1. The molecule has 0 unspecified atom stereocenters. The van der Waals surface area contributed by atoms with Crippen LogP contribution in [-0.2, 0) is 22.5 Å². The number of aliphatic hydroxyl groups excluding tert-OH is 1. The second-order valence-corrected chi connectivity index (χ2v) is 11.3. The Hall–Kier alpha value is -3.31. The van der Waals surface area contributed by atoms with E-state index in [0.29, 0.717) is 43.0 Å². The molecule has 41 heavy (non-hydrogen) atoms. The van der Waals surface area contributed by atoms with E-state index in [9.17, 15) is 5.11 Å². The smallest absolute Gasteiger partial charge is 0.135 e. The summed E-state index contributed by atoms with van der Waals surface area (Å²) in [4.78, 5) is 8.92. The summed E-state index contributed by atoms with van der Waals surface area (Å²) < 4.78 is 43.4. The predicted molar refractivity (Wildman–Crippen MR) is 149 cm³/mol. The Morgan fingerprint density at radius 3 is 2.63 bits per heavy atom. The summed E-state index contributed by atoms with van der Waals surface area (Å²) in [5.41, 5.74) is 9.50. The van der Waals surface area contributed by atoms with Gasteiger partial charge in [-0.05, 0) is 84.5 Å². The zero-order valence-electron chi connectivity index (χ0n) is 23.0. The van der Waals surface area contributed by atoms with Crippen molar-refractivity contribution in [2.24, 2.45) is 11.7 Å².